The Labute approximate surface area is 151 Å². The van der Waals surface area contributed by atoms with E-state index in [0.29, 0.717) is 17.9 Å². The molecule has 7 heteroatoms. The predicted octanol–water partition coefficient (Wildman–Crippen LogP) is 2.63. The maximum Gasteiger partial charge on any atom is 0.303 e. The van der Waals surface area contributed by atoms with Gasteiger partial charge in [0.15, 0.2) is 0 Å². The van der Waals surface area contributed by atoms with Crippen molar-refractivity contribution in [3.63, 3.8) is 0 Å². The summed E-state index contributed by atoms with van der Waals surface area (Å²) in [6.45, 7) is 3.46. The first-order valence-corrected chi connectivity index (χ1v) is 8.17. The van der Waals surface area contributed by atoms with Crippen molar-refractivity contribution in [2.45, 2.75) is 26.9 Å². The van der Waals surface area contributed by atoms with E-state index in [-0.39, 0.29) is 12.6 Å². The van der Waals surface area contributed by atoms with Gasteiger partial charge in [-0.05, 0) is 30.7 Å². The molecule has 0 spiro atoms. The predicted molar refractivity (Wildman–Crippen MR) is 95.2 cm³/mol. The zero-order valence-corrected chi connectivity index (χ0v) is 15.0. The highest BCUT2D eigenvalue weighted by atomic mass is 16.5. The van der Waals surface area contributed by atoms with E-state index in [9.17, 15) is 4.79 Å². The molecule has 0 aliphatic carbocycles. The molecular formula is C19H20N4O3. The largest absolute Gasteiger partial charge is 0.495 e. The van der Waals surface area contributed by atoms with Gasteiger partial charge < -0.3 is 14.0 Å². The summed E-state index contributed by atoms with van der Waals surface area (Å²) in [6, 6.07) is 7.69. The Hall–Kier alpha value is -3.22. The van der Waals surface area contributed by atoms with Gasteiger partial charge in [0.25, 0.3) is 0 Å². The number of carbonyl (C=O) groups excluding carboxylic acids is 1. The van der Waals surface area contributed by atoms with Crippen molar-refractivity contribution in [3.05, 3.63) is 65.8 Å². The number of nitrogens with zero attached hydrogens (tertiary/aromatic N) is 4. The van der Waals surface area contributed by atoms with Crippen LogP contribution in [0.25, 0.3) is 5.69 Å². The number of hydrogen-bond donors (Lipinski definition) is 0. The summed E-state index contributed by atoms with van der Waals surface area (Å²) in [7, 11) is 1.64. The molecule has 0 radical (unpaired) electrons. The van der Waals surface area contributed by atoms with Crippen molar-refractivity contribution in [2.75, 3.05) is 7.11 Å². The van der Waals surface area contributed by atoms with Crippen molar-refractivity contribution in [2.24, 2.45) is 0 Å². The highest BCUT2D eigenvalue weighted by Crippen LogP contribution is 2.25. The number of hydrogen-bond acceptors (Lipinski definition) is 6. The van der Waals surface area contributed by atoms with Gasteiger partial charge in [0.2, 0.25) is 0 Å². The minimum Gasteiger partial charge on any atom is -0.495 e. The van der Waals surface area contributed by atoms with Crippen LogP contribution in [0.15, 0.2) is 43.0 Å². The minimum atomic E-state index is -0.333. The van der Waals surface area contributed by atoms with Crippen LogP contribution >= 0.6 is 0 Å². The molecule has 0 fully saturated rings. The monoisotopic (exact) mass is 352 g/mol. The molecule has 0 saturated carbocycles. The lowest BCUT2D eigenvalue weighted by atomic mass is 10.1. The fraction of sp³-hybridized carbons (Fsp3) is 0.263. The summed E-state index contributed by atoms with van der Waals surface area (Å²) in [6.07, 6.45) is 5.92. The second kappa shape index (κ2) is 7.77. The van der Waals surface area contributed by atoms with Crippen LogP contribution in [0.3, 0.4) is 0 Å². The first kappa shape index (κ1) is 17.6. The molecule has 26 heavy (non-hydrogen) atoms. The Kier molecular flexibility index (Phi) is 5.26. The Balaban J connectivity index is 1.80. The molecule has 7 nitrogen and oxygen atoms in total. The topological polar surface area (TPSA) is 79.1 Å². The lowest BCUT2D eigenvalue weighted by Crippen LogP contribution is -2.04. The van der Waals surface area contributed by atoms with Gasteiger partial charge in [0.05, 0.1) is 30.5 Å². The molecule has 0 amide bonds. The van der Waals surface area contributed by atoms with E-state index < -0.39 is 0 Å². The van der Waals surface area contributed by atoms with Crippen LogP contribution in [0, 0.1) is 6.92 Å². The van der Waals surface area contributed by atoms with Crippen LogP contribution in [0.2, 0.25) is 0 Å². The molecule has 2 heterocycles. The van der Waals surface area contributed by atoms with Gasteiger partial charge in [-0.1, -0.05) is 6.07 Å². The number of rotatable bonds is 6. The normalized spacial score (nSPS) is 10.6. The Morgan fingerprint density at radius 1 is 1.23 bits per heavy atom. The smallest absolute Gasteiger partial charge is 0.303 e. The highest BCUT2D eigenvalue weighted by molar-refractivity contribution is 5.65. The maximum atomic E-state index is 10.9. The van der Waals surface area contributed by atoms with Crippen LogP contribution in [-0.4, -0.2) is 32.6 Å². The molecule has 0 atom stereocenters. The van der Waals surface area contributed by atoms with Gasteiger partial charge in [-0.2, -0.15) is 0 Å². The third-order valence-electron chi connectivity index (χ3n) is 3.78. The summed E-state index contributed by atoms with van der Waals surface area (Å²) in [4.78, 5) is 23.9. The van der Waals surface area contributed by atoms with Crippen LogP contribution in [-0.2, 0) is 22.6 Å². The van der Waals surface area contributed by atoms with Gasteiger partial charge in [-0.15, -0.1) is 0 Å². The zero-order chi connectivity index (χ0) is 18.5. The molecule has 0 aliphatic heterocycles. The van der Waals surface area contributed by atoms with E-state index >= 15 is 0 Å². The number of methoxy groups -OCH3 is 1. The molecule has 0 N–H and O–H groups in total. The lowest BCUT2D eigenvalue weighted by Gasteiger charge is -2.11. The van der Waals surface area contributed by atoms with Crippen LogP contribution in [0.5, 0.6) is 5.75 Å². The van der Waals surface area contributed by atoms with Crippen LogP contribution in [0.4, 0.5) is 0 Å². The van der Waals surface area contributed by atoms with E-state index in [1.807, 2.05) is 35.9 Å². The number of imidazole rings is 1. The van der Waals surface area contributed by atoms with Crippen LogP contribution in [0.1, 0.15) is 29.7 Å². The average Bonchev–Trinajstić information content (AvgIpc) is 3.06. The lowest BCUT2D eigenvalue weighted by molar-refractivity contribution is -0.142. The molecule has 0 bridgehead atoms. The van der Waals surface area contributed by atoms with Gasteiger partial charge in [0, 0.05) is 25.7 Å². The molecule has 0 unspecified atom stereocenters. The molecule has 0 aliphatic rings. The second-order valence-corrected chi connectivity index (χ2v) is 5.85. The van der Waals surface area contributed by atoms with Crippen molar-refractivity contribution >= 4 is 5.97 Å². The van der Waals surface area contributed by atoms with E-state index in [1.165, 1.54) is 6.92 Å². The van der Waals surface area contributed by atoms with Gasteiger partial charge in [0.1, 0.15) is 18.2 Å². The van der Waals surface area contributed by atoms with Crippen molar-refractivity contribution in [1.82, 2.24) is 19.5 Å². The SMILES string of the molecule is COc1cc(Cc2nccc(COC(C)=O)n2)ccc1-n1cnc(C)c1. The van der Waals surface area contributed by atoms with Gasteiger partial charge in [-0.25, -0.2) is 15.0 Å². The standard InChI is InChI=1S/C19H20N4O3/c1-13-10-23(12-21-13)17-5-4-15(8-18(17)25-3)9-19-20-7-6-16(22-19)11-26-14(2)24/h4-8,10,12H,9,11H2,1-3H3. The number of carbonyl (C=O) groups is 1. The summed E-state index contributed by atoms with van der Waals surface area (Å²) in [5.74, 6) is 1.07. The fourth-order valence-electron chi connectivity index (χ4n) is 2.56. The first-order chi connectivity index (χ1) is 12.5. The number of esters is 1. The average molecular weight is 352 g/mol. The number of aryl methyl sites for hydroxylation is 1. The van der Waals surface area contributed by atoms with Crippen molar-refractivity contribution < 1.29 is 14.3 Å². The first-order valence-electron chi connectivity index (χ1n) is 8.17. The third kappa shape index (κ3) is 4.24. The summed E-state index contributed by atoms with van der Waals surface area (Å²) >= 11 is 0. The van der Waals surface area contributed by atoms with Crippen molar-refractivity contribution in [3.8, 4) is 11.4 Å². The molecular weight excluding hydrogens is 332 g/mol. The van der Waals surface area contributed by atoms with E-state index in [1.54, 1.807) is 25.7 Å². The fourth-order valence-corrected chi connectivity index (χ4v) is 2.56. The van der Waals surface area contributed by atoms with E-state index in [0.717, 1.165) is 22.7 Å². The molecule has 1 aromatic carbocycles. The second-order valence-electron chi connectivity index (χ2n) is 5.85. The van der Waals surface area contributed by atoms with E-state index in [4.69, 9.17) is 9.47 Å². The molecule has 3 rings (SSSR count). The number of ether oxygens (including phenoxy) is 2. The minimum absolute atomic E-state index is 0.146. The molecule has 134 valence electrons. The number of benzene rings is 1. The summed E-state index contributed by atoms with van der Waals surface area (Å²) in [5.41, 5.74) is 3.55. The third-order valence-corrected chi connectivity index (χ3v) is 3.78. The molecule has 2 aromatic heterocycles. The van der Waals surface area contributed by atoms with Gasteiger partial charge in [-0.3, -0.25) is 4.79 Å². The van der Waals surface area contributed by atoms with E-state index in [2.05, 4.69) is 15.0 Å². The zero-order valence-electron chi connectivity index (χ0n) is 15.0. The number of aromatic nitrogens is 4. The quantitative estimate of drug-likeness (QED) is 0.635. The van der Waals surface area contributed by atoms with Gasteiger partial charge >= 0.3 is 5.97 Å². The van der Waals surface area contributed by atoms with Crippen LogP contribution < -0.4 is 4.74 Å². The highest BCUT2D eigenvalue weighted by Gasteiger charge is 2.09. The maximum absolute atomic E-state index is 10.9. The summed E-state index contributed by atoms with van der Waals surface area (Å²) < 4.78 is 12.4. The Bertz CT molecular complexity index is 921. The molecule has 0 saturated heterocycles. The Morgan fingerprint density at radius 3 is 2.77 bits per heavy atom. The van der Waals surface area contributed by atoms with Crippen molar-refractivity contribution in [1.29, 1.82) is 0 Å². The summed E-state index contributed by atoms with van der Waals surface area (Å²) in [5, 5.41) is 0. The Morgan fingerprint density at radius 2 is 2.08 bits per heavy atom. The molecule has 3 aromatic rings.